The van der Waals surface area contributed by atoms with E-state index < -0.39 is 0 Å². The Morgan fingerprint density at radius 3 is 2.65 bits per heavy atom. The molecule has 0 radical (unpaired) electrons. The highest BCUT2D eigenvalue weighted by Gasteiger charge is 2.44. The third-order valence-electron chi connectivity index (χ3n) is 5.89. The van der Waals surface area contributed by atoms with Crippen LogP contribution < -0.4 is 15.5 Å². The number of anilines is 2. The number of ether oxygens (including phenoxy) is 1. The molecule has 3 heterocycles. The number of carbonyl (C=O) groups is 1. The lowest BCUT2D eigenvalue weighted by molar-refractivity contribution is -0.128. The summed E-state index contributed by atoms with van der Waals surface area (Å²) in [6.07, 6.45) is 4.23. The minimum Gasteiger partial charge on any atom is -0.381 e. The van der Waals surface area contributed by atoms with Crippen LogP contribution in [0.4, 0.5) is 11.8 Å². The first kappa shape index (κ1) is 17.5. The maximum absolute atomic E-state index is 12.7. The fraction of sp³-hybridized carbons (Fsp3) is 0.737. The van der Waals surface area contributed by atoms with E-state index in [1.165, 1.54) is 12.8 Å². The van der Waals surface area contributed by atoms with Crippen molar-refractivity contribution in [2.24, 2.45) is 17.8 Å². The van der Waals surface area contributed by atoms with E-state index >= 15 is 0 Å². The Balaban J connectivity index is 1.46. The summed E-state index contributed by atoms with van der Waals surface area (Å²) < 4.78 is 5.39. The predicted molar refractivity (Wildman–Crippen MR) is 100 cm³/mol. The molecule has 1 aromatic rings. The Hall–Kier alpha value is -1.89. The van der Waals surface area contributed by atoms with Gasteiger partial charge in [0.1, 0.15) is 5.82 Å². The molecule has 2 N–H and O–H groups in total. The largest absolute Gasteiger partial charge is 0.381 e. The molecule has 1 aromatic heterocycles. The third-order valence-corrected chi connectivity index (χ3v) is 5.89. The molecule has 26 heavy (non-hydrogen) atoms. The van der Waals surface area contributed by atoms with Gasteiger partial charge in [-0.15, -0.1) is 0 Å². The van der Waals surface area contributed by atoms with Crippen LogP contribution in [0, 0.1) is 24.7 Å². The van der Waals surface area contributed by atoms with Crippen molar-refractivity contribution < 1.29 is 9.53 Å². The normalized spacial score (nSPS) is 26.8. The summed E-state index contributed by atoms with van der Waals surface area (Å²) >= 11 is 0. The van der Waals surface area contributed by atoms with Crippen LogP contribution in [-0.4, -0.2) is 55.3 Å². The van der Waals surface area contributed by atoms with Gasteiger partial charge in [-0.2, -0.15) is 4.98 Å². The van der Waals surface area contributed by atoms with Gasteiger partial charge < -0.3 is 20.3 Å². The Bertz CT molecular complexity index is 657. The number of rotatable bonds is 5. The summed E-state index contributed by atoms with van der Waals surface area (Å²) in [4.78, 5) is 24.2. The molecule has 0 bridgehead atoms. The molecule has 142 valence electrons. The van der Waals surface area contributed by atoms with Crippen LogP contribution in [0.5, 0.6) is 0 Å². The number of aromatic nitrogens is 2. The van der Waals surface area contributed by atoms with Crippen LogP contribution in [0.1, 0.15) is 31.4 Å². The van der Waals surface area contributed by atoms with Gasteiger partial charge in [0.2, 0.25) is 11.9 Å². The predicted octanol–water partition coefficient (Wildman–Crippen LogP) is 1.58. The zero-order valence-electron chi connectivity index (χ0n) is 15.7. The second-order valence-corrected chi connectivity index (χ2v) is 7.85. The second kappa shape index (κ2) is 7.39. The van der Waals surface area contributed by atoms with Crippen LogP contribution in [0.2, 0.25) is 0 Å². The van der Waals surface area contributed by atoms with Gasteiger partial charge >= 0.3 is 0 Å². The molecule has 3 aliphatic rings. The number of hydrogen-bond donors (Lipinski definition) is 2. The molecular formula is C19H29N5O2. The van der Waals surface area contributed by atoms with E-state index in [2.05, 4.69) is 25.5 Å². The van der Waals surface area contributed by atoms with Crippen molar-refractivity contribution >= 4 is 17.7 Å². The molecule has 0 aromatic carbocycles. The lowest BCUT2D eigenvalue weighted by atomic mass is 9.95. The molecule has 1 aliphatic carbocycles. The smallest absolute Gasteiger partial charge is 0.227 e. The molecule has 0 spiro atoms. The van der Waals surface area contributed by atoms with Crippen LogP contribution in [-0.2, 0) is 9.53 Å². The van der Waals surface area contributed by atoms with Gasteiger partial charge in [0.05, 0.1) is 6.04 Å². The highest BCUT2D eigenvalue weighted by atomic mass is 16.5. The average Bonchev–Trinajstić information content (AvgIpc) is 3.42. The Kier molecular flexibility index (Phi) is 4.98. The fourth-order valence-corrected chi connectivity index (χ4v) is 4.23. The maximum Gasteiger partial charge on any atom is 0.227 e. The van der Waals surface area contributed by atoms with E-state index in [1.807, 2.05) is 20.0 Å². The van der Waals surface area contributed by atoms with Gasteiger partial charge in [-0.3, -0.25) is 4.79 Å². The van der Waals surface area contributed by atoms with Crippen molar-refractivity contribution in [2.75, 3.05) is 43.6 Å². The summed E-state index contributed by atoms with van der Waals surface area (Å²) in [5.74, 6) is 3.14. The molecule has 3 fully saturated rings. The van der Waals surface area contributed by atoms with E-state index in [9.17, 15) is 4.79 Å². The molecule has 2 atom stereocenters. The molecule has 4 rings (SSSR count). The van der Waals surface area contributed by atoms with E-state index in [-0.39, 0.29) is 17.9 Å². The van der Waals surface area contributed by atoms with Crippen molar-refractivity contribution in [3.8, 4) is 0 Å². The SMILES string of the molecule is CNc1cc(C)nc(N2C[C@H](NC(=O)C3CCOCC3)[C@@H](C3CC3)C2)n1. The summed E-state index contributed by atoms with van der Waals surface area (Å²) in [6, 6.07) is 2.14. The molecule has 1 amide bonds. The number of amides is 1. The van der Waals surface area contributed by atoms with Crippen molar-refractivity contribution in [3.63, 3.8) is 0 Å². The highest BCUT2D eigenvalue weighted by molar-refractivity contribution is 5.79. The number of hydrogen-bond acceptors (Lipinski definition) is 6. The Morgan fingerprint density at radius 1 is 1.19 bits per heavy atom. The van der Waals surface area contributed by atoms with Gasteiger partial charge in [-0.1, -0.05) is 0 Å². The molecule has 2 aliphatic heterocycles. The monoisotopic (exact) mass is 359 g/mol. The van der Waals surface area contributed by atoms with E-state index in [0.717, 1.165) is 49.3 Å². The second-order valence-electron chi connectivity index (χ2n) is 7.85. The van der Waals surface area contributed by atoms with Crippen molar-refractivity contribution in [3.05, 3.63) is 11.8 Å². The summed E-state index contributed by atoms with van der Waals surface area (Å²) in [7, 11) is 1.87. The van der Waals surface area contributed by atoms with E-state index in [0.29, 0.717) is 19.1 Å². The van der Waals surface area contributed by atoms with E-state index in [4.69, 9.17) is 4.74 Å². The van der Waals surface area contributed by atoms with Gasteiger partial charge in [0.15, 0.2) is 0 Å². The minimum atomic E-state index is 0.101. The standard InChI is InChI=1S/C19H29N5O2/c1-12-9-17(20-2)23-19(21-12)24-10-15(13-3-4-13)16(11-24)22-18(25)14-5-7-26-8-6-14/h9,13-16H,3-8,10-11H2,1-2H3,(H,22,25)(H,20,21,23)/t15-,16+/m1/s1. The van der Waals surface area contributed by atoms with Crippen LogP contribution in [0.25, 0.3) is 0 Å². The first-order chi connectivity index (χ1) is 12.6. The number of nitrogens with zero attached hydrogens (tertiary/aromatic N) is 3. The first-order valence-electron chi connectivity index (χ1n) is 9.80. The number of aryl methyl sites for hydroxylation is 1. The summed E-state index contributed by atoms with van der Waals surface area (Å²) in [5.41, 5.74) is 0.956. The molecule has 7 heteroatoms. The first-order valence-corrected chi connectivity index (χ1v) is 9.80. The van der Waals surface area contributed by atoms with Gasteiger partial charge in [0, 0.05) is 56.9 Å². The van der Waals surface area contributed by atoms with Crippen molar-refractivity contribution in [2.45, 2.75) is 38.6 Å². The van der Waals surface area contributed by atoms with Gasteiger partial charge in [-0.25, -0.2) is 4.98 Å². The van der Waals surface area contributed by atoms with Gasteiger partial charge in [-0.05, 0) is 38.5 Å². The van der Waals surface area contributed by atoms with Crippen molar-refractivity contribution in [1.82, 2.24) is 15.3 Å². The topological polar surface area (TPSA) is 79.4 Å². The zero-order chi connectivity index (χ0) is 18.1. The molecule has 0 unspecified atom stereocenters. The minimum absolute atomic E-state index is 0.101. The third kappa shape index (κ3) is 3.77. The fourth-order valence-electron chi connectivity index (χ4n) is 4.23. The quantitative estimate of drug-likeness (QED) is 0.831. The lowest BCUT2D eigenvalue weighted by Gasteiger charge is -2.25. The average molecular weight is 359 g/mol. The summed E-state index contributed by atoms with van der Waals surface area (Å²) in [5, 5.41) is 6.46. The van der Waals surface area contributed by atoms with Crippen LogP contribution >= 0.6 is 0 Å². The number of carbonyl (C=O) groups excluding carboxylic acids is 1. The molecular weight excluding hydrogens is 330 g/mol. The van der Waals surface area contributed by atoms with Crippen LogP contribution in [0.3, 0.4) is 0 Å². The Labute approximate surface area is 154 Å². The molecule has 2 saturated heterocycles. The highest BCUT2D eigenvalue weighted by Crippen LogP contribution is 2.42. The number of nitrogens with one attached hydrogen (secondary N) is 2. The summed E-state index contributed by atoms with van der Waals surface area (Å²) in [6.45, 7) is 5.11. The van der Waals surface area contributed by atoms with Gasteiger partial charge in [0.25, 0.3) is 0 Å². The van der Waals surface area contributed by atoms with Crippen LogP contribution in [0.15, 0.2) is 6.07 Å². The van der Waals surface area contributed by atoms with Crippen molar-refractivity contribution in [1.29, 1.82) is 0 Å². The molecule has 7 nitrogen and oxygen atoms in total. The Morgan fingerprint density at radius 2 is 1.96 bits per heavy atom. The molecule has 1 saturated carbocycles. The maximum atomic E-state index is 12.7. The zero-order valence-corrected chi connectivity index (χ0v) is 15.7. The lowest BCUT2D eigenvalue weighted by Crippen LogP contribution is -2.45. The van der Waals surface area contributed by atoms with E-state index in [1.54, 1.807) is 0 Å².